The van der Waals surface area contributed by atoms with E-state index in [4.69, 9.17) is 24.4 Å². The van der Waals surface area contributed by atoms with Crippen LogP contribution in [0.3, 0.4) is 0 Å². The van der Waals surface area contributed by atoms with Gasteiger partial charge in [0.2, 0.25) is 0 Å². The van der Waals surface area contributed by atoms with Crippen LogP contribution < -0.4 is 0 Å². The molecule has 5 nitrogen and oxygen atoms in total. The first-order valence-electron chi connectivity index (χ1n) is 7.41. The third-order valence-electron chi connectivity index (χ3n) is 3.79. The molecular weight excluding hydrogens is 340 g/mol. The fraction of sp³-hybridized carbons (Fsp3) is 0.786. The molecule has 2 aliphatic carbocycles. The van der Waals surface area contributed by atoms with E-state index in [0.29, 0.717) is 16.8 Å². The van der Waals surface area contributed by atoms with Crippen molar-refractivity contribution in [2.45, 2.75) is 25.7 Å². The van der Waals surface area contributed by atoms with E-state index in [-0.39, 0.29) is 18.2 Å². The second kappa shape index (κ2) is 6.88. The number of carbonyl (C=O) groups excluding carboxylic acids is 1. The van der Waals surface area contributed by atoms with Crippen LogP contribution in [0, 0.1) is 11.8 Å². The van der Waals surface area contributed by atoms with Crippen LogP contribution in [0.25, 0.3) is 0 Å². The van der Waals surface area contributed by atoms with Gasteiger partial charge in [-0.05, 0) is 25.7 Å². The largest absolute Gasteiger partial charge is 0.362 e. The Kier molecular flexibility index (Phi) is 5.55. The van der Waals surface area contributed by atoms with Crippen molar-refractivity contribution in [1.82, 2.24) is 9.80 Å². The van der Waals surface area contributed by atoms with Crippen LogP contribution in [0.1, 0.15) is 25.7 Å². The lowest BCUT2D eigenvalue weighted by Gasteiger charge is -2.21. The Balaban J connectivity index is 1.80. The van der Waals surface area contributed by atoms with Gasteiger partial charge in [0.15, 0.2) is 15.6 Å². The number of Topliss-reactive ketones (excluding diaryl/α,β-unsaturated/α-hetero) is 1. The SMILES string of the molecule is CN(CC(=O)CS(=O)(=O)CN(C)C(=S)C1CC1)C(=S)C1CC1. The van der Waals surface area contributed by atoms with Gasteiger partial charge in [0.05, 0.1) is 16.5 Å². The van der Waals surface area contributed by atoms with Gasteiger partial charge < -0.3 is 9.80 Å². The van der Waals surface area contributed by atoms with Gasteiger partial charge in [-0.2, -0.15) is 0 Å². The van der Waals surface area contributed by atoms with Gasteiger partial charge in [0, 0.05) is 25.9 Å². The second-order valence-electron chi connectivity index (χ2n) is 6.33. The number of thiocarbonyl (C=S) groups is 2. The Labute approximate surface area is 142 Å². The van der Waals surface area contributed by atoms with Crippen LogP contribution in [-0.4, -0.2) is 66.2 Å². The Morgan fingerprint density at radius 3 is 1.91 bits per heavy atom. The lowest BCUT2D eigenvalue weighted by molar-refractivity contribution is -0.116. The maximum absolute atomic E-state index is 12.1. The van der Waals surface area contributed by atoms with Crippen LogP contribution in [0.2, 0.25) is 0 Å². The minimum Gasteiger partial charge on any atom is -0.362 e. The first-order valence-corrected chi connectivity index (χ1v) is 10.1. The smallest absolute Gasteiger partial charge is 0.175 e. The van der Waals surface area contributed by atoms with Crippen molar-refractivity contribution in [3.63, 3.8) is 0 Å². The van der Waals surface area contributed by atoms with Crippen molar-refractivity contribution >= 4 is 50.0 Å². The van der Waals surface area contributed by atoms with Crippen molar-refractivity contribution in [3.05, 3.63) is 0 Å². The van der Waals surface area contributed by atoms with E-state index in [1.165, 1.54) is 0 Å². The highest BCUT2D eigenvalue weighted by Crippen LogP contribution is 2.32. The number of rotatable bonds is 8. The fourth-order valence-electron chi connectivity index (χ4n) is 2.32. The molecular formula is C14H22N2O3S3. The Hall–Kier alpha value is -0.600. The van der Waals surface area contributed by atoms with Gasteiger partial charge in [-0.25, -0.2) is 8.42 Å². The summed E-state index contributed by atoms with van der Waals surface area (Å²) >= 11 is 10.5. The topological polar surface area (TPSA) is 57.7 Å². The van der Waals surface area contributed by atoms with Gasteiger partial charge in [0.25, 0.3) is 0 Å². The first-order chi connectivity index (χ1) is 10.2. The predicted octanol–water partition coefficient (Wildman–Crippen LogP) is 1.27. The van der Waals surface area contributed by atoms with Crippen LogP contribution in [0.4, 0.5) is 0 Å². The Morgan fingerprint density at radius 2 is 1.45 bits per heavy atom. The summed E-state index contributed by atoms with van der Waals surface area (Å²) in [5, 5.41) is 0. The summed E-state index contributed by atoms with van der Waals surface area (Å²) < 4.78 is 24.2. The van der Waals surface area contributed by atoms with Crippen LogP contribution >= 0.6 is 24.4 Å². The molecule has 0 aliphatic heterocycles. The number of carbonyl (C=O) groups is 1. The predicted molar refractivity (Wildman–Crippen MR) is 94.7 cm³/mol. The van der Waals surface area contributed by atoms with E-state index in [1.54, 1.807) is 23.9 Å². The number of ketones is 1. The molecule has 0 saturated heterocycles. The highest BCUT2D eigenvalue weighted by molar-refractivity contribution is 7.92. The lowest BCUT2D eigenvalue weighted by atomic mass is 10.3. The third kappa shape index (κ3) is 5.24. The quantitative estimate of drug-likeness (QED) is 0.603. The maximum Gasteiger partial charge on any atom is 0.175 e. The average molecular weight is 363 g/mol. The molecule has 0 amide bonds. The molecule has 2 aliphatic rings. The standard InChI is InChI=1S/C14H22N2O3S3/c1-15(13(20)10-3-4-10)7-12(17)8-22(18,19)9-16(2)14(21)11-5-6-11/h10-11H,3-9H2,1-2H3. The van der Waals surface area contributed by atoms with E-state index >= 15 is 0 Å². The van der Waals surface area contributed by atoms with Gasteiger partial charge >= 0.3 is 0 Å². The molecule has 0 atom stereocenters. The van der Waals surface area contributed by atoms with Crippen molar-refractivity contribution in [2.24, 2.45) is 11.8 Å². The molecule has 0 aromatic rings. The minimum absolute atomic E-state index is 0.0609. The maximum atomic E-state index is 12.1. The molecule has 8 heteroatoms. The van der Waals surface area contributed by atoms with Gasteiger partial charge in [-0.1, -0.05) is 24.4 Å². The minimum atomic E-state index is -3.49. The summed E-state index contributed by atoms with van der Waals surface area (Å²) in [5.74, 6) is -0.233. The summed E-state index contributed by atoms with van der Waals surface area (Å²) in [6.07, 6.45) is 4.20. The summed E-state index contributed by atoms with van der Waals surface area (Å²) in [5.41, 5.74) is 0. The molecule has 2 fully saturated rings. The monoisotopic (exact) mass is 362 g/mol. The van der Waals surface area contributed by atoms with E-state index in [1.807, 2.05) is 0 Å². The molecule has 22 heavy (non-hydrogen) atoms. The van der Waals surface area contributed by atoms with Crippen molar-refractivity contribution < 1.29 is 13.2 Å². The normalized spacial score (nSPS) is 17.9. The van der Waals surface area contributed by atoms with Crippen LogP contribution in [-0.2, 0) is 14.6 Å². The number of nitrogens with zero attached hydrogens (tertiary/aromatic N) is 2. The number of hydrogen-bond acceptors (Lipinski definition) is 5. The molecule has 0 spiro atoms. The fourth-order valence-corrected chi connectivity index (χ4v) is 4.41. The molecule has 0 unspecified atom stereocenters. The average Bonchev–Trinajstić information content (AvgIpc) is 3.27. The Morgan fingerprint density at radius 1 is 1.00 bits per heavy atom. The Bertz CT molecular complexity index is 580. The van der Waals surface area contributed by atoms with E-state index < -0.39 is 15.6 Å². The zero-order chi connectivity index (χ0) is 16.5. The summed E-state index contributed by atoms with van der Waals surface area (Å²) in [7, 11) is -0.0607. The van der Waals surface area contributed by atoms with E-state index in [9.17, 15) is 13.2 Å². The summed E-state index contributed by atoms with van der Waals surface area (Å²) in [6, 6.07) is 0. The summed E-state index contributed by atoms with van der Waals surface area (Å²) in [6.45, 7) is 0.0609. The zero-order valence-electron chi connectivity index (χ0n) is 12.9. The van der Waals surface area contributed by atoms with Crippen molar-refractivity contribution in [2.75, 3.05) is 32.3 Å². The zero-order valence-corrected chi connectivity index (χ0v) is 15.4. The lowest BCUT2D eigenvalue weighted by Crippen LogP contribution is -2.38. The van der Waals surface area contributed by atoms with Crippen molar-refractivity contribution in [3.8, 4) is 0 Å². The molecule has 2 saturated carbocycles. The molecule has 0 bridgehead atoms. The van der Waals surface area contributed by atoms with Crippen LogP contribution in [0.5, 0.6) is 0 Å². The molecule has 0 N–H and O–H groups in total. The molecule has 0 radical (unpaired) electrons. The second-order valence-corrected chi connectivity index (χ2v) is 9.21. The number of likely N-dealkylation sites (N-methyl/N-ethyl adjacent to an activating group) is 1. The number of hydrogen-bond donors (Lipinski definition) is 0. The van der Waals surface area contributed by atoms with Crippen LogP contribution in [0.15, 0.2) is 0 Å². The molecule has 0 aromatic carbocycles. The van der Waals surface area contributed by atoms with E-state index in [0.717, 1.165) is 30.7 Å². The highest BCUT2D eigenvalue weighted by atomic mass is 32.2. The third-order valence-corrected chi connectivity index (χ3v) is 6.62. The molecule has 0 aromatic heterocycles. The van der Waals surface area contributed by atoms with Crippen molar-refractivity contribution in [1.29, 1.82) is 0 Å². The summed E-state index contributed by atoms with van der Waals surface area (Å²) in [4.78, 5) is 16.7. The molecule has 2 rings (SSSR count). The first kappa shape index (κ1) is 17.7. The number of sulfone groups is 1. The van der Waals surface area contributed by atoms with Gasteiger partial charge in [-0.3, -0.25) is 4.79 Å². The highest BCUT2D eigenvalue weighted by Gasteiger charge is 2.32. The molecule has 124 valence electrons. The van der Waals surface area contributed by atoms with Gasteiger partial charge in [-0.15, -0.1) is 0 Å². The van der Waals surface area contributed by atoms with Gasteiger partial charge in [0.1, 0.15) is 11.6 Å². The molecule has 0 heterocycles. The van der Waals surface area contributed by atoms with E-state index in [2.05, 4.69) is 0 Å².